The van der Waals surface area contributed by atoms with E-state index in [1.165, 1.54) is 34.4 Å². The lowest BCUT2D eigenvalue weighted by atomic mass is 9.91. The minimum atomic E-state index is -0.378. The number of hydrogen-bond acceptors (Lipinski definition) is 4. The Balaban J connectivity index is 1.37. The largest absolute Gasteiger partial charge is 0.358 e. The van der Waals surface area contributed by atoms with Gasteiger partial charge in [-0.25, -0.2) is 13.9 Å². The molecule has 0 spiro atoms. The number of fused-ring (bicyclic) bond motifs is 4. The van der Waals surface area contributed by atoms with E-state index in [1.807, 2.05) is 12.1 Å². The van der Waals surface area contributed by atoms with Crippen molar-refractivity contribution >= 4 is 22.4 Å². The molecule has 0 saturated heterocycles. The molecule has 1 atom stereocenters. The van der Waals surface area contributed by atoms with E-state index in [-0.39, 0.29) is 11.9 Å². The zero-order chi connectivity index (χ0) is 20.1. The lowest BCUT2D eigenvalue weighted by Crippen LogP contribution is -2.28. The van der Waals surface area contributed by atoms with Crippen LogP contribution in [0.5, 0.6) is 0 Å². The van der Waals surface area contributed by atoms with E-state index in [0.29, 0.717) is 17.2 Å². The molecule has 0 saturated carbocycles. The zero-order valence-electron chi connectivity index (χ0n) is 16.1. The highest BCUT2D eigenvalue weighted by Crippen LogP contribution is 2.30. The van der Waals surface area contributed by atoms with Crippen LogP contribution < -0.4 is 5.32 Å². The van der Waals surface area contributed by atoms with E-state index in [2.05, 4.69) is 44.6 Å². The molecule has 4 heterocycles. The third kappa shape index (κ3) is 2.82. The Morgan fingerprint density at radius 2 is 2.07 bits per heavy atom. The molecule has 2 N–H and O–H groups in total. The van der Waals surface area contributed by atoms with Gasteiger partial charge in [0.25, 0.3) is 0 Å². The third-order valence-corrected chi connectivity index (χ3v) is 5.81. The number of nitrogens with one attached hydrogen (secondary N) is 2. The van der Waals surface area contributed by atoms with Crippen LogP contribution in [0.3, 0.4) is 0 Å². The van der Waals surface area contributed by atoms with Crippen molar-refractivity contribution in [2.24, 2.45) is 0 Å². The van der Waals surface area contributed by atoms with E-state index in [4.69, 9.17) is 4.98 Å². The summed E-state index contributed by atoms with van der Waals surface area (Å²) >= 11 is 0. The Bertz CT molecular complexity index is 1390. The number of pyridine rings is 1. The second-order valence-corrected chi connectivity index (χ2v) is 7.74. The van der Waals surface area contributed by atoms with Crippen LogP contribution in [0.2, 0.25) is 0 Å². The Morgan fingerprint density at radius 1 is 1.13 bits per heavy atom. The highest BCUT2D eigenvalue weighted by molar-refractivity contribution is 5.85. The van der Waals surface area contributed by atoms with Crippen LogP contribution in [0.4, 0.5) is 10.3 Å². The number of aromatic amines is 1. The number of benzene rings is 1. The number of anilines is 1. The molecule has 4 aromatic heterocycles. The van der Waals surface area contributed by atoms with E-state index in [1.54, 1.807) is 16.9 Å². The van der Waals surface area contributed by atoms with Crippen molar-refractivity contribution in [1.29, 1.82) is 0 Å². The number of aryl methyl sites for hydroxylation is 1. The average Bonchev–Trinajstić information content (AvgIpc) is 3.38. The van der Waals surface area contributed by atoms with Gasteiger partial charge in [0.15, 0.2) is 0 Å². The molecule has 7 heteroatoms. The minimum absolute atomic E-state index is 0.234. The number of para-hydroxylation sites is 1. The van der Waals surface area contributed by atoms with Crippen LogP contribution in [0, 0.1) is 5.82 Å². The first kappa shape index (κ1) is 17.1. The van der Waals surface area contributed by atoms with Gasteiger partial charge in [0.2, 0.25) is 5.95 Å². The summed E-state index contributed by atoms with van der Waals surface area (Å²) in [6.45, 7) is 0. The van der Waals surface area contributed by atoms with Gasteiger partial charge in [-0.1, -0.05) is 18.2 Å². The fourth-order valence-corrected chi connectivity index (χ4v) is 4.40. The molecule has 30 heavy (non-hydrogen) atoms. The predicted octanol–water partition coefficient (Wildman–Crippen LogP) is 4.38. The van der Waals surface area contributed by atoms with Gasteiger partial charge in [0.05, 0.1) is 23.6 Å². The summed E-state index contributed by atoms with van der Waals surface area (Å²) in [6, 6.07) is 13.9. The van der Waals surface area contributed by atoms with Gasteiger partial charge >= 0.3 is 0 Å². The van der Waals surface area contributed by atoms with Crippen molar-refractivity contribution in [3.05, 3.63) is 78.1 Å². The van der Waals surface area contributed by atoms with Crippen LogP contribution in [-0.4, -0.2) is 30.6 Å². The minimum Gasteiger partial charge on any atom is -0.358 e. The molecule has 1 unspecified atom stereocenters. The lowest BCUT2D eigenvalue weighted by molar-refractivity contribution is 0.600. The second kappa shape index (κ2) is 6.66. The molecule has 0 amide bonds. The summed E-state index contributed by atoms with van der Waals surface area (Å²) in [7, 11) is 0. The van der Waals surface area contributed by atoms with E-state index in [9.17, 15) is 4.39 Å². The molecule has 0 fully saturated rings. The summed E-state index contributed by atoms with van der Waals surface area (Å²) in [4.78, 5) is 12.3. The Hall–Kier alpha value is -3.74. The number of halogens is 1. The van der Waals surface area contributed by atoms with Gasteiger partial charge in [-0.15, -0.1) is 0 Å². The van der Waals surface area contributed by atoms with Crippen LogP contribution in [-0.2, 0) is 12.8 Å². The van der Waals surface area contributed by atoms with Gasteiger partial charge in [0, 0.05) is 34.4 Å². The summed E-state index contributed by atoms with van der Waals surface area (Å²) in [6.07, 6.45) is 7.46. The molecule has 0 aliphatic heterocycles. The van der Waals surface area contributed by atoms with Crippen LogP contribution in [0.25, 0.3) is 27.7 Å². The van der Waals surface area contributed by atoms with Crippen molar-refractivity contribution in [2.45, 2.75) is 25.3 Å². The van der Waals surface area contributed by atoms with Crippen molar-refractivity contribution < 1.29 is 4.39 Å². The summed E-state index contributed by atoms with van der Waals surface area (Å²) in [5, 5.41) is 9.30. The zero-order valence-corrected chi connectivity index (χ0v) is 16.1. The number of aromatic nitrogens is 5. The van der Waals surface area contributed by atoms with Gasteiger partial charge in [-0.3, -0.25) is 4.98 Å². The summed E-state index contributed by atoms with van der Waals surface area (Å²) in [5.41, 5.74) is 6.10. The molecule has 0 radical (unpaired) electrons. The van der Waals surface area contributed by atoms with Crippen molar-refractivity contribution in [3.8, 4) is 11.3 Å². The third-order valence-electron chi connectivity index (χ3n) is 5.81. The molecule has 1 aliphatic rings. The Morgan fingerprint density at radius 3 is 3.00 bits per heavy atom. The van der Waals surface area contributed by atoms with E-state index >= 15 is 0 Å². The number of rotatable bonds is 3. The molecule has 6 nitrogen and oxygen atoms in total. The topological polar surface area (TPSA) is 70.9 Å². The number of H-pyrrole nitrogens is 1. The lowest BCUT2D eigenvalue weighted by Gasteiger charge is -2.24. The van der Waals surface area contributed by atoms with E-state index < -0.39 is 0 Å². The average molecular weight is 398 g/mol. The maximum atomic E-state index is 13.7. The Kier molecular flexibility index (Phi) is 3.80. The first-order chi connectivity index (χ1) is 14.7. The van der Waals surface area contributed by atoms with Crippen molar-refractivity contribution in [3.63, 3.8) is 0 Å². The normalized spacial score (nSPS) is 16.1. The fourth-order valence-electron chi connectivity index (χ4n) is 4.40. The maximum Gasteiger partial charge on any atom is 0.225 e. The molecule has 1 aromatic carbocycles. The first-order valence-corrected chi connectivity index (χ1v) is 10.1. The smallest absolute Gasteiger partial charge is 0.225 e. The van der Waals surface area contributed by atoms with Crippen molar-refractivity contribution in [1.82, 2.24) is 24.6 Å². The van der Waals surface area contributed by atoms with Gasteiger partial charge in [-0.05, 0) is 49.1 Å². The molecular formula is C23H19FN6. The summed E-state index contributed by atoms with van der Waals surface area (Å²) < 4.78 is 15.5. The number of nitrogens with zero attached hydrogens (tertiary/aromatic N) is 4. The predicted molar refractivity (Wildman–Crippen MR) is 114 cm³/mol. The van der Waals surface area contributed by atoms with Crippen molar-refractivity contribution in [2.75, 3.05) is 5.32 Å². The molecule has 6 rings (SSSR count). The summed E-state index contributed by atoms with van der Waals surface area (Å²) in [5.74, 6) is 0.279. The maximum absolute atomic E-state index is 13.7. The molecule has 5 aromatic rings. The fraction of sp³-hybridized carbons (Fsp3) is 0.174. The van der Waals surface area contributed by atoms with E-state index in [0.717, 1.165) is 24.8 Å². The molecule has 1 aliphatic carbocycles. The first-order valence-electron chi connectivity index (χ1n) is 10.1. The van der Waals surface area contributed by atoms with Crippen LogP contribution in [0.15, 0.2) is 61.1 Å². The highest BCUT2D eigenvalue weighted by atomic mass is 19.1. The van der Waals surface area contributed by atoms with Gasteiger partial charge < -0.3 is 10.3 Å². The van der Waals surface area contributed by atoms with Crippen LogP contribution in [0.1, 0.15) is 17.7 Å². The molecule has 0 bridgehead atoms. The SMILES string of the molecule is Fc1cncc(-c2cc3ccnn3c(NC3CCc4[nH]c5ccccc5c4C3)n2)c1. The Labute approximate surface area is 171 Å². The monoisotopic (exact) mass is 398 g/mol. The highest BCUT2D eigenvalue weighted by Gasteiger charge is 2.23. The molecular weight excluding hydrogens is 379 g/mol. The number of hydrogen-bond donors (Lipinski definition) is 2. The van der Waals surface area contributed by atoms with Gasteiger partial charge in [0.1, 0.15) is 5.82 Å². The molecule has 148 valence electrons. The van der Waals surface area contributed by atoms with Crippen LogP contribution >= 0.6 is 0 Å². The van der Waals surface area contributed by atoms with Gasteiger partial charge in [-0.2, -0.15) is 5.10 Å². The standard InChI is InChI=1S/C23H19FN6/c24-15-9-14(12-25-13-15)22-11-17-7-8-26-30(17)23(29-22)27-16-5-6-21-19(10-16)18-3-1-2-4-20(18)28-21/h1-4,7-9,11-13,16,28H,5-6,10H2,(H,27,29). The second-order valence-electron chi connectivity index (χ2n) is 7.74. The quantitative estimate of drug-likeness (QED) is 0.473.